The Labute approximate surface area is 113 Å². The van der Waals surface area contributed by atoms with E-state index in [0.717, 1.165) is 12.8 Å². The van der Waals surface area contributed by atoms with Gasteiger partial charge in [-0.1, -0.05) is 24.7 Å². The van der Waals surface area contributed by atoms with Gasteiger partial charge in [0.05, 0.1) is 0 Å². The average molecular weight is 258 g/mol. The zero-order valence-corrected chi connectivity index (χ0v) is 11.1. The predicted molar refractivity (Wildman–Crippen MR) is 72.5 cm³/mol. The van der Waals surface area contributed by atoms with E-state index in [9.17, 15) is 4.79 Å². The maximum absolute atomic E-state index is 12.1. The van der Waals surface area contributed by atoms with E-state index in [0.29, 0.717) is 11.3 Å². The lowest BCUT2D eigenvalue weighted by Crippen LogP contribution is -2.43. The SMILES string of the molecule is CC1(NC(=O)c2ccc(C#CCO)cn2)CCCC1. The number of nitrogens with zero attached hydrogens (tertiary/aromatic N) is 1. The molecule has 1 aliphatic rings. The van der Waals surface area contributed by atoms with Crippen LogP contribution in [0, 0.1) is 11.8 Å². The standard InChI is InChI=1S/C15H18N2O2/c1-15(8-2-3-9-15)17-14(19)13-7-6-12(11-16-13)5-4-10-18/h6-7,11,18H,2-3,8-10H2,1H3,(H,17,19). The molecule has 4 heteroatoms. The van der Waals surface area contributed by atoms with E-state index < -0.39 is 0 Å². The summed E-state index contributed by atoms with van der Waals surface area (Å²) < 4.78 is 0. The van der Waals surface area contributed by atoms with Gasteiger partial charge < -0.3 is 10.4 Å². The fraction of sp³-hybridized carbons (Fsp3) is 0.467. The van der Waals surface area contributed by atoms with Crippen LogP contribution in [0.4, 0.5) is 0 Å². The monoisotopic (exact) mass is 258 g/mol. The lowest BCUT2D eigenvalue weighted by Gasteiger charge is -2.24. The van der Waals surface area contributed by atoms with Gasteiger partial charge >= 0.3 is 0 Å². The molecule has 1 heterocycles. The average Bonchev–Trinajstić information content (AvgIpc) is 2.83. The first kappa shape index (κ1) is 13.6. The van der Waals surface area contributed by atoms with Crippen molar-refractivity contribution in [2.45, 2.75) is 38.1 Å². The molecule has 100 valence electrons. The minimum atomic E-state index is -0.180. The van der Waals surface area contributed by atoms with Crippen LogP contribution >= 0.6 is 0 Å². The molecule has 1 saturated carbocycles. The number of rotatable bonds is 2. The Morgan fingerprint density at radius 3 is 2.79 bits per heavy atom. The van der Waals surface area contributed by atoms with Gasteiger partial charge in [-0.25, -0.2) is 4.98 Å². The fourth-order valence-corrected chi connectivity index (χ4v) is 2.36. The van der Waals surface area contributed by atoms with Crippen LogP contribution < -0.4 is 5.32 Å². The third kappa shape index (κ3) is 3.55. The predicted octanol–water partition coefficient (Wildman–Crippen LogP) is 1.49. The lowest BCUT2D eigenvalue weighted by molar-refractivity contribution is 0.0903. The number of aromatic nitrogens is 1. The number of amides is 1. The van der Waals surface area contributed by atoms with Gasteiger partial charge in [0.15, 0.2) is 0 Å². The fourth-order valence-electron chi connectivity index (χ4n) is 2.36. The van der Waals surface area contributed by atoms with E-state index in [1.807, 2.05) is 0 Å². The number of nitrogens with one attached hydrogen (secondary N) is 1. The normalized spacial score (nSPS) is 16.5. The number of hydrogen-bond acceptors (Lipinski definition) is 3. The summed E-state index contributed by atoms with van der Waals surface area (Å²) in [5, 5.41) is 11.7. The van der Waals surface area contributed by atoms with Gasteiger partial charge in [-0.3, -0.25) is 4.79 Å². The highest BCUT2D eigenvalue weighted by Gasteiger charge is 2.30. The maximum atomic E-state index is 12.1. The largest absolute Gasteiger partial charge is 0.384 e. The molecule has 2 rings (SSSR count). The molecular weight excluding hydrogens is 240 g/mol. The van der Waals surface area contributed by atoms with E-state index in [4.69, 9.17) is 5.11 Å². The molecule has 0 aromatic carbocycles. The molecule has 2 N–H and O–H groups in total. The molecule has 1 aromatic heterocycles. The Hall–Kier alpha value is -1.86. The Kier molecular flexibility index (Phi) is 4.18. The van der Waals surface area contributed by atoms with Crippen molar-refractivity contribution >= 4 is 5.91 Å². The second-order valence-corrected chi connectivity index (χ2v) is 5.11. The molecular formula is C15H18N2O2. The zero-order chi connectivity index (χ0) is 13.7. The highest BCUT2D eigenvalue weighted by atomic mass is 16.2. The Balaban J connectivity index is 2.03. The molecule has 0 unspecified atom stereocenters. The van der Waals surface area contributed by atoms with Crippen molar-refractivity contribution in [3.8, 4) is 11.8 Å². The van der Waals surface area contributed by atoms with E-state index in [1.54, 1.807) is 18.3 Å². The van der Waals surface area contributed by atoms with Crippen molar-refractivity contribution in [3.63, 3.8) is 0 Å². The van der Waals surface area contributed by atoms with Crippen LogP contribution in [-0.2, 0) is 0 Å². The topological polar surface area (TPSA) is 62.2 Å². The minimum Gasteiger partial charge on any atom is -0.384 e. The van der Waals surface area contributed by atoms with Crippen LogP contribution in [0.2, 0.25) is 0 Å². The van der Waals surface area contributed by atoms with Crippen molar-refractivity contribution in [2.24, 2.45) is 0 Å². The van der Waals surface area contributed by atoms with Gasteiger partial charge in [-0.15, -0.1) is 0 Å². The summed E-state index contributed by atoms with van der Waals surface area (Å²) in [6.45, 7) is 1.90. The van der Waals surface area contributed by atoms with Crippen molar-refractivity contribution in [1.82, 2.24) is 10.3 Å². The van der Waals surface area contributed by atoms with Gasteiger partial charge in [-0.05, 0) is 31.9 Å². The van der Waals surface area contributed by atoms with Crippen LogP contribution in [0.1, 0.15) is 48.7 Å². The summed E-state index contributed by atoms with van der Waals surface area (Å²) in [7, 11) is 0. The summed E-state index contributed by atoms with van der Waals surface area (Å²) >= 11 is 0. The molecule has 0 aliphatic heterocycles. The second-order valence-electron chi connectivity index (χ2n) is 5.11. The molecule has 0 spiro atoms. The maximum Gasteiger partial charge on any atom is 0.270 e. The van der Waals surface area contributed by atoms with Gasteiger partial charge in [0.25, 0.3) is 5.91 Å². The smallest absolute Gasteiger partial charge is 0.270 e. The van der Waals surface area contributed by atoms with E-state index in [-0.39, 0.29) is 18.1 Å². The molecule has 1 aromatic rings. The number of carbonyl (C=O) groups is 1. The molecule has 0 bridgehead atoms. The number of carbonyl (C=O) groups excluding carboxylic acids is 1. The summed E-state index contributed by atoms with van der Waals surface area (Å²) in [4.78, 5) is 16.2. The highest BCUT2D eigenvalue weighted by molar-refractivity contribution is 5.92. The first-order chi connectivity index (χ1) is 9.13. The number of hydrogen-bond donors (Lipinski definition) is 2. The van der Waals surface area contributed by atoms with E-state index >= 15 is 0 Å². The van der Waals surface area contributed by atoms with Crippen molar-refractivity contribution in [3.05, 3.63) is 29.6 Å². The highest BCUT2D eigenvalue weighted by Crippen LogP contribution is 2.29. The quantitative estimate of drug-likeness (QED) is 0.790. The minimum absolute atomic E-state index is 0.0892. The summed E-state index contributed by atoms with van der Waals surface area (Å²) in [6.07, 6.45) is 5.94. The van der Waals surface area contributed by atoms with Crippen molar-refractivity contribution < 1.29 is 9.90 Å². The van der Waals surface area contributed by atoms with Crippen LogP contribution in [0.5, 0.6) is 0 Å². The van der Waals surface area contributed by atoms with Gasteiger partial charge in [0.2, 0.25) is 0 Å². The molecule has 4 nitrogen and oxygen atoms in total. The van der Waals surface area contributed by atoms with Crippen LogP contribution in [0.3, 0.4) is 0 Å². The lowest BCUT2D eigenvalue weighted by atomic mass is 10.0. The second kappa shape index (κ2) is 5.85. The third-order valence-corrected chi connectivity index (χ3v) is 3.43. The molecule has 0 atom stereocenters. The van der Waals surface area contributed by atoms with Crippen molar-refractivity contribution in [2.75, 3.05) is 6.61 Å². The molecule has 19 heavy (non-hydrogen) atoms. The summed E-state index contributed by atoms with van der Waals surface area (Å²) in [6, 6.07) is 3.40. The first-order valence-electron chi connectivity index (χ1n) is 6.51. The molecule has 1 aliphatic carbocycles. The number of aliphatic hydroxyl groups is 1. The van der Waals surface area contributed by atoms with Crippen LogP contribution in [0.25, 0.3) is 0 Å². The zero-order valence-electron chi connectivity index (χ0n) is 11.1. The number of aliphatic hydroxyl groups excluding tert-OH is 1. The Morgan fingerprint density at radius 1 is 1.47 bits per heavy atom. The summed E-state index contributed by atoms with van der Waals surface area (Å²) in [5.74, 6) is 5.16. The molecule has 1 fully saturated rings. The van der Waals surface area contributed by atoms with Gasteiger partial charge in [0, 0.05) is 17.3 Å². The van der Waals surface area contributed by atoms with Crippen molar-refractivity contribution in [1.29, 1.82) is 0 Å². The summed E-state index contributed by atoms with van der Waals surface area (Å²) in [5.41, 5.74) is 1.01. The van der Waals surface area contributed by atoms with Gasteiger partial charge in [-0.2, -0.15) is 0 Å². The number of pyridine rings is 1. The van der Waals surface area contributed by atoms with Crippen LogP contribution in [-0.4, -0.2) is 28.1 Å². The van der Waals surface area contributed by atoms with Gasteiger partial charge in [0.1, 0.15) is 12.3 Å². The van der Waals surface area contributed by atoms with E-state index in [1.165, 1.54) is 12.8 Å². The first-order valence-corrected chi connectivity index (χ1v) is 6.51. The van der Waals surface area contributed by atoms with Crippen LogP contribution in [0.15, 0.2) is 18.3 Å². The molecule has 0 radical (unpaired) electrons. The third-order valence-electron chi connectivity index (χ3n) is 3.43. The Morgan fingerprint density at radius 2 is 2.21 bits per heavy atom. The molecule has 0 saturated heterocycles. The molecule has 1 amide bonds. The Bertz CT molecular complexity index is 505. The van der Waals surface area contributed by atoms with E-state index in [2.05, 4.69) is 29.1 Å².